The fourth-order valence-electron chi connectivity index (χ4n) is 1.00. The molecule has 5 heteroatoms. The van der Waals surface area contributed by atoms with Gasteiger partial charge in [-0.2, -0.15) is 0 Å². The number of aryl methyl sites for hydroxylation is 1. The summed E-state index contributed by atoms with van der Waals surface area (Å²) in [5, 5.41) is 7.80. The molecule has 0 aliphatic carbocycles. The zero-order valence-electron chi connectivity index (χ0n) is 10.9. The first-order valence-electron chi connectivity index (χ1n) is 5.50. The predicted molar refractivity (Wildman–Crippen MR) is 62.7 cm³/mol. The Balaban J connectivity index is 0. The molecule has 0 fully saturated rings. The van der Waals surface area contributed by atoms with Crippen LogP contribution < -0.4 is 5.10 Å². The van der Waals surface area contributed by atoms with E-state index < -0.39 is 0 Å². The van der Waals surface area contributed by atoms with Gasteiger partial charge < -0.3 is 10.1 Å². The van der Waals surface area contributed by atoms with Crippen molar-refractivity contribution in [2.24, 2.45) is 0 Å². The molecule has 0 aliphatic heterocycles. The molecule has 2 heterocycles. The molecule has 0 saturated carbocycles. The van der Waals surface area contributed by atoms with Gasteiger partial charge >= 0.3 is 0 Å². The molecule has 2 aromatic rings. The minimum absolute atomic E-state index is 0. The molecule has 0 aromatic carbocycles. The quantitative estimate of drug-likeness (QED) is 0.638. The maximum absolute atomic E-state index is 4.12. The molecule has 0 unspecified atom stereocenters. The van der Waals surface area contributed by atoms with E-state index in [1.54, 1.807) is 12.4 Å². The van der Waals surface area contributed by atoms with Crippen molar-refractivity contribution >= 4 is 11.2 Å². The third-order valence-electron chi connectivity index (χ3n) is 1.55. The van der Waals surface area contributed by atoms with Gasteiger partial charge in [0.15, 0.2) is 0 Å². The van der Waals surface area contributed by atoms with Crippen molar-refractivity contribution in [3.8, 4) is 0 Å². The number of aromatic nitrogens is 4. The van der Waals surface area contributed by atoms with Crippen LogP contribution in [0.5, 0.6) is 0 Å². The van der Waals surface area contributed by atoms with E-state index in [2.05, 4.69) is 20.2 Å². The Kier molecular flexibility index (Phi) is 9.12. The summed E-state index contributed by atoms with van der Waals surface area (Å²) >= 11 is 0. The zero-order valence-corrected chi connectivity index (χ0v) is 17.3. The molecule has 4 nitrogen and oxygen atoms in total. The molecule has 0 bridgehead atoms. The van der Waals surface area contributed by atoms with Crippen molar-refractivity contribution in [1.82, 2.24) is 20.2 Å². The van der Waals surface area contributed by atoms with Gasteiger partial charge in [0.05, 0.1) is 11.2 Å². The van der Waals surface area contributed by atoms with Crippen molar-refractivity contribution in [2.75, 3.05) is 0 Å². The fraction of sp³-hybridized carbons (Fsp3) is 0.545. The van der Waals surface area contributed by atoms with Crippen molar-refractivity contribution in [1.29, 1.82) is 0 Å². The van der Waals surface area contributed by atoms with Gasteiger partial charge in [-0.15, -0.1) is 0 Å². The van der Waals surface area contributed by atoms with E-state index in [1.807, 2.05) is 34.6 Å². The summed E-state index contributed by atoms with van der Waals surface area (Å²) in [5.41, 5.74) is 2.40. The number of nitrogens with zero attached hydrogens (tertiary/aromatic N) is 4. The molecule has 0 N–H and O–H groups in total. The van der Waals surface area contributed by atoms with Gasteiger partial charge in [-0.05, 0) is 12.1 Å². The second-order valence-corrected chi connectivity index (χ2v) is 2.23. The van der Waals surface area contributed by atoms with Crippen LogP contribution in [0.3, 0.4) is 0 Å². The normalized spacial score (nSPS) is 8.06. The fourth-order valence-corrected chi connectivity index (χ4v) is 1.00. The Hall–Kier alpha value is -2.45. The van der Waals surface area contributed by atoms with Crippen LogP contribution in [0.1, 0.15) is 40.3 Å². The minimum Gasteiger partial charge on any atom is -0.438 e. The average Bonchev–Trinajstić information content (AvgIpc) is 2.77. The number of hydrogen-bond acceptors (Lipinski definition) is 3. The van der Waals surface area contributed by atoms with Crippen LogP contribution in [0.4, 0.5) is 0 Å². The Morgan fingerprint density at radius 2 is 1.62 bits per heavy atom. The molecule has 0 radical (unpaired) electrons. The molecule has 16 heavy (non-hydrogen) atoms. The first-order chi connectivity index (χ1) is 7.42. The third-order valence-corrected chi connectivity index (χ3v) is 1.55. The van der Waals surface area contributed by atoms with Gasteiger partial charge in [0, 0.05) is 6.20 Å². The van der Waals surface area contributed by atoms with E-state index in [0.29, 0.717) is 5.65 Å². The number of rotatable bonds is 1. The second-order valence-electron chi connectivity index (χ2n) is 2.23. The summed E-state index contributed by atoms with van der Waals surface area (Å²) in [5.74, 6) is 0. The summed E-state index contributed by atoms with van der Waals surface area (Å²) < 4.78 is 0. The van der Waals surface area contributed by atoms with E-state index in [-0.39, 0.29) is 0 Å². The van der Waals surface area contributed by atoms with Crippen molar-refractivity contribution in [3.05, 3.63) is 18.1 Å². The second kappa shape index (κ2) is 9.12. The summed E-state index contributed by atoms with van der Waals surface area (Å²) in [6, 6.07) is 0. The van der Waals surface area contributed by atoms with Crippen LogP contribution >= 0.6 is 0 Å². The van der Waals surface area contributed by atoms with Crippen LogP contribution in [0.2, 0.25) is 0 Å². The van der Waals surface area contributed by atoms with Crippen molar-refractivity contribution in [3.63, 3.8) is 0 Å². The average molecular weight is 474 g/mol. The first kappa shape index (κ1) is 16.0. The summed E-state index contributed by atoms with van der Waals surface area (Å²) in [7, 11) is 0. The monoisotopic (exact) mass is 474 g/mol. The Morgan fingerprint density at radius 3 is 2.19 bits per heavy atom. The molecule has 0 saturated heterocycles. The van der Waals surface area contributed by atoms with Crippen molar-refractivity contribution < 1.29 is 0 Å². The molecular formula is C11H19N4Rf-. The molecule has 0 amide bonds. The first-order valence-corrected chi connectivity index (χ1v) is 5.50. The molecule has 86 valence electrons. The molecule has 2 aromatic heterocycles. The minimum atomic E-state index is 0. The van der Waals surface area contributed by atoms with Gasteiger partial charge in [-0.25, -0.2) is 0 Å². The predicted octanol–water partition coefficient (Wildman–Crippen LogP) is 2.60. The Bertz CT molecular complexity index is 373. The summed E-state index contributed by atoms with van der Waals surface area (Å²) in [6.45, 7) is 10.0. The van der Waals surface area contributed by atoms with E-state index in [9.17, 15) is 0 Å². The maximum atomic E-state index is 4.12. The molecule has 0 aliphatic rings. The zero-order chi connectivity index (χ0) is 11.7. The van der Waals surface area contributed by atoms with Crippen LogP contribution in [0.25, 0.3) is 11.2 Å². The van der Waals surface area contributed by atoms with Gasteiger partial charge in [-0.1, -0.05) is 40.8 Å². The van der Waals surface area contributed by atoms with Gasteiger partial charge in [0.25, 0.3) is 0 Å². The van der Waals surface area contributed by atoms with E-state index in [4.69, 9.17) is 0 Å². The third kappa shape index (κ3) is 3.36. The summed E-state index contributed by atoms with van der Waals surface area (Å²) in [6.07, 6.45) is 4.14. The maximum Gasteiger partial charge on any atom is 0.0847 e. The van der Waals surface area contributed by atoms with Crippen LogP contribution in [0.15, 0.2) is 12.4 Å². The molecular weight excluding hydrogens is 455 g/mol. The summed E-state index contributed by atoms with van der Waals surface area (Å²) in [4.78, 5) is 8.14. The molecule has 2 rings (SSSR count). The van der Waals surface area contributed by atoms with Gasteiger partial charge in [-0.3, -0.25) is 10.1 Å². The molecule has 0 spiro atoms. The van der Waals surface area contributed by atoms with E-state index >= 15 is 0 Å². The van der Waals surface area contributed by atoms with E-state index in [1.165, 1.54) is 0 Å². The topological polar surface area (TPSA) is 52.8 Å². The SMILES string of the molecule is CC.CC.CCc1n[n-]c2nccnc12.[Rf]. The van der Waals surface area contributed by atoms with Crippen LogP contribution in [-0.2, 0) is 6.42 Å². The number of hydrogen-bond donors (Lipinski definition) is 0. The van der Waals surface area contributed by atoms with Crippen molar-refractivity contribution in [2.45, 2.75) is 41.0 Å². The largest absolute Gasteiger partial charge is 0.438 e. The van der Waals surface area contributed by atoms with Gasteiger partial charge in [0.1, 0.15) is 0 Å². The standard InChI is InChI=1S/C7H7N4.2C2H6.Rf/c1-2-5-6-7(11-10-5)9-4-3-8-6;2*1-2;/h3-4H,2H2,1H3;2*1-2H3;/q-1;;;. The smallest absolute Gasteiger partial charge is 0.0847 e. The number of fused-ring (bicyclic) bond motifs is 1. The Morgan fingerprint density at radius 1 is 1.06 bits per heavy atom. The van der Waals surface area contributed by atoms with E-state index in [0.717, 1.165) is 17.6 Å². The van der Waals surface area contributed by atoms with Gasteiger partial charge in [0.2, 0.25) is 0 Å². The Labute approximate surface area is 91.2 Å². The van der Waals surface area contributed by atoms with Crippen LogP contribution in [0, 0.1) is 0 Å². The molecule has 0 atom stereocenters. The van der Waals surface area contributed by atoms with Crippen LogP contribution in [-0.4, -0.2) is 15.1 Å².